The van der Waals surface area contributed by atoms with E-state index in [9.17, 15) is 22.8 Å². The predicted octanol–water partition coefficient (Wildman–Crippen LogP) is 2.75. The fourth-order valence-electron chi connectivity index (χ4n) is 1.79. The summed E-state index contributed by atoms with van der Waals surface area (Å²) in [4.78, 5) is 24.1. The quantitative estimate of drug-likeness (QED) is 0.911. The number of halogens is 4. The summed E-state index contributed by atoms with van der Waals surface area (Å²) in [5.74, 6) is -0.640. The second-order valence-electron chi connectivity index (χ2n) is 4.39. The first-order valence-corrected chi connectivity index (χ1v) is 6.15. The van der Waals surface area contributed by atoms with Gasteiger partial charge in [-0.1, -0.05) is 11.6 Å². The molecule has 1 atom stereocenters. The van der Waals surface area contributed by atoms with Crippen molar-refractivity contribution < 1.29 is 27.5 Å². The smallest absolute Gasteiger partial charge is 0.417 e. The van der Waals surface area contributed by atoms with Gasteiger partial charge in [-0.15, -0.1) is 0 Å². The highest BCUT2D eigenvalue weighted by atomic mass is 35.5. The van der Waals surface area contributed by atoms with E-state index in [4.69, 9.17) is 11.6 Å². The molecule has 0 saturated carbocycles. The summed E-state index contributed by atoms with van der Waals surface area (Å²) in [7, 11) is 1.36. The first-order chi connectivity index (χ1) is 9.70. The molecule has 0 aliphatic carbocycles. The molecule has 1 unspecified atom stereocenters. The average Bonchev–Trinajstić information content (AvgIpc) is 2.71. The molecule has 0 radical (unpaired) electrons. The number of ether oxygens (including phenoxy) is 1. The van der Waals surface area contributed by atoms with Crippen LogP contribution >= 0.6 is 11.6 Å². The van der Waals surface area contributed by atoms with Crippen molar-refractivity contribution in [2.75, 3.05) is 19.0 Å². The number of anilines is 1. The van der Waals surface area contributed by atoms with Gasteiger partial charge in [0.1, 0.15) is 12.6 Å². The maximum Gasteiger partial charge on any atom is 0.417 e. The zero-order valence-corrected chi connectivity index (χ0v) is 11.5. The minimum Gasteiger partial charge on any atom is -0.447 e. The lowest BCUT2D eigenvalue weighted by molar-refractivity contribution is -0.137. The van der Waals surface area contributed by atoms with Gasteiger partial charge in [-0.25, -0.2) is 4.79 Å². The van der Waals surface area contributed by atoms with Crippen LogP contribution < -0.4 is 5.32 Å². The van der Waals surface area contributed by atoms with E-state index in [0.29, 0.717) is 0 Å². The molecule has 21 heavy (non-hydrogen) atoms. The van der Waals surface area contributed by atoms with Gasteiger partial charge in [0.25, 0.3) is 5.91 Å². The molecule has 1 heterocycles. The molecular formula is C12H10ClF3N2O3. The van der Waals surface area contributed by atoms with Crippen molar-refractivity contribution in [2.24, 2.45) is 0 Å². The number of amides is 2. The first kappa shape index (κ1) is 15.4. The van der Waals surface area contributed by atoms with Gasteiger partial charge in [-0.2, -0.15) is 13.2 Å². The van der Waals surface area contributed by atoms with Gasteiger partial charge >= 0.3 is 12.3 Å². The predicted molar refractivity (Wildman–Crippen MR) is 68.0 cm³/mol. The lowest BCUT2D eigenvalue weighted by Crippen LogP contribution is -2.40. The highest BCUT2D eigenvalue weighted by Gasteiger charge is 2.36. The summed E-state index contributed by atoms with van der Waals surface area (Å²) in [6.07, 6.45) is -5.29. The van der Waals surface area contributed by atoms with Gasteiger partial charge < -0.3 is 10.1 Å². The SMILES string of the molecule is CN1C(=O)OCC1C(=O)Nc1ccc(Cl)c(C(F)(F)F)c1. The van der Waals surface area contributed by atoms with E-state index in [1.54, 1.807) is 0 Å². The molecule has 1 aliphatic rings. The molecule has 0 bridgehead atoms. The monoisotopic (exact) mass is 322 g/mol. The molecule has 1 aromatic carbocycles. The molecule has 1 N–H and O–H groups in total. The Morgan fingerprint density at radius 2 is 2.14 bits per heavy atom. The average molecular weight is 323 g/mol. The van der Waals surface area contributed by atoms with E-state index < -0.39 is 34.8 Å². The molecule has 9 heteroatoms. The third kappa shape index (κ3) is 3.21. The second-order valence-corrected chi connectivity index (χ2v) is 4.79. The lowest BCUT2D eigenvalue weighted by atomic mass is 10.2. The van der Waals surface area contributed by atoms with Crippen LogP contribution in [0.5, 0.6) is 0 Å². The molecule has 0 spiro atoms. The van der Waals surface area contributed by atoms with Crippen molar-refractivity contribution in [1.29, 1.82) is 0 Å². The number of rotatable bonds is 2. The standard InChI is InChI=1S/C12H10ClF3N2O3/c1-18-9(5-21-11(18)20)10(19)17-6-2-3-8(13)7(4-6)12(14,15)16/h2-4,9H,5H2,1H3,(H,17,19). The molecule has 0 aromatic heterocycles. The van der Waals surface area contributed by atoms with E-state index in [2.05, 4.69) is 10.1 Å². The molecular weight excluding hydrogens is 313 g/mol. The number of nitrogens with one attached hydrogen (secondary N) is 1. The number of carbonyl (C=O) groups is 2. The van der Waals surface area contributed by atoms with Crippen molar-refractivity contribution in [2.45, 2.75) is 12.2 Å². The summed E-state index contributed by atoms with van der Waals surface area (Å²) < 4.78 is 42.8. The topological polar surface area (TPSA) is 58.6 Å². The van der Waals surface area contributed by atoms with Gasteiger partial charge in [0.05, 0.1) is 10.6 Å². The number of hydrogen-bond donors (Lipinski definition) is 1. The van der Waals surface area contributed by atoms with Crippen molar-refractivity contribution in [3.8, 4) is 0 Å². The Morgan fingerprint density at radius 1 is 1.48 bits per heavy atom. The molecule has 1 fully saturated rings. The van der Waals surface area contributed by atoms with E-state index in [0.717, 1.165) is 17.0 Å². The van der Waals surface area contributed by atoms with Crippen LogP contribution in [0.25, 0.3) is 0 Å². The molecule has 5 nitrogen and oxygen atoms in total. The highest BCUT2D eigenvalue weighted by Crippen LogP contribution is 2.36. The minimum atomic E-state index is -4.62. The highest BCUT2D eigenvalue weighted by molar-refractivity contribution is 6.31. The Kier molecular flexibility index (Phi) is 3.99. The van der Waals surface area contributed by atoms with E-state index in [1.807, 2.05) is 0 Å². The first-order valence-electron chi connectivity index (χ1n) is 5.77. The molecule has 2 amide bonds. The molecule has 1 saturated heterocycles. The van der Waals surface area contributed by atoms with Crippen LogP contribution in [-0.2, 0) is 15.7 Å². The summed E-state index contributed by atoms with van der Waals surface area (Å²) in [5, 5.41) is 1.84. The summed E-state index contributed by atoms with van der Waals surface area (Å²) >= 11 is 5.48. The zero-order chi connectivity index (χ0) is 15.8. The molecule has 114 valence electrons. The van der Waals surface area contributed by atoms with Crippen molar-refractivity contribution in [1.82, 2.24) is 4.90 Å². The van der Waals surface area contributed by atoms with E-state index in [1.165, 1.54) is 13.1 Å². The van der Waals surface area contributed by atoms with Crippen LogP contribution in [0, 0.1) is 0 Å². The molecule has 1 aromatic rings. The molecule has 1 aliphatic heterocycles. The second kappa shape index (κ2) is 5.44. The Hall–Kier alpha value is -1.96. The van der Waals surface area contributed by atoms with Gasteiger partial charge in [0.15, 0.2) is 0 Å². The maximum atomic E-state index is 12.7. The number of nitrogens with zero attached hydrogens (tertiary/aromatic N) is 1. The van der Waals surface area contributed by atoms with Gasteiger partial charge in [-0.05, 0) is 18.2 Å². The summed E-state index contributed by atoms with van der Waals surface area (Å²) in [5.41, 5.74) is -1.11. The number of cyclic esters (lactones) is 1. The zero-order valence-electron chi connectivity index (χ0n) is 10.7. The van der Waals surface area contributed by atoms with Crippen LogP contribution in [0.3, 0.4) is 0 Å². The fraction of sp³-hybridized carbons (Fsp3) is 0.333. The number of alkyl halides is 3. The Morgan fingerprint density at radius 3 is 2.67 bits per heavy atom. The fourth-order valence-corrected chi connectivity index (χ4v) is 2.01. The Balaban J connectivity index is 2.17. The maximum absolute atomic E-state index is 12.7. The number of likely N-dealkylation sites (N-methyl/N-ethyl adjacent to an activating group) is 1. The summed E-state index contributed by atoms with van der Waals surface area (Å²) in [6, 6.07) is 2.13. The van der Waals surface area contributed by atoms with Crippen LogP contribution in [0.2, 0.25) is 5.02 Å². The molecule has 2 rings (SSSR count). The van der Waals surface area contributed by atoms with E-state index >= 15 is 0 Å². The third-order valence-corrected chi connectivity index (χ3v) is 3.29. The normalized spacial score (nSPS) is 18.6. The van der Waals surface area contributed by atoms with Gasteiger partial charge in [0, 0.05) is 12.7 Å². The Labute approximate surface area is 122 Å². The van der Waals surface area contributed by atoms with Crippen molar-refractivity contribution in [3.63, 3.8) is 0 Å². The van der Waals surface area contributed by atoms with Crippen LogP contribution in [-0.4, -0.2) is 36.6 Å². The third-order valence-electron chi connectivity index (χ3n) is 2.96. The van der Waals surface area contributed by atoms with Crippen LogP contribution in [0.15, 0.2) is 18.2 Å². The van der Waals surface area contributed by atoms with Crippen LogP contribution in [0.1, 0.15) is 5.56 Å². The number of hydrogen-bond acceptors (Lipinski definition) is 3. The van der Waals surface area contributed by atoms with Gasteiger partial charge in [0.2, 0.25) is 0 Å². The van der Waals surface area contributed by atoms with Crippen LogP contribution in [0.4, 0.5) is 23.7 Å². The lowest BCUT2D eigenvalue weighted by Gasteiger charge is -2.16. The summed E-state index contributed by atoms with van der Waals surface area (Å²) in [6.45, 7) is -0.152. The number of benzene rings is 1. The van der Waals surface area contributed by atoms with Gasteiger partial charge in [-0.3, -0.25) is 9.69 Å². The van der Waals surface area contributed by atoms with Crippen molar-refractivity contribution in [3.05, 3.63) is 28.8 Å². The number of carbonyl (C=O) groups excluding carboxylic acids is 2. The Bertz CT molecular complexity index is 592. The van der Waals surface area contributed by atoms with Crippen molar-refractivity contribution >= 4 is 29.3 Å². The van der Waals surface area contributed by atoms with E-state index in [-0.39, 0.29) is 12.3 Å². The minimum absolute atomic E-state index is 0.0653. The largest absolute Gasteiger partial charge is 0.447 e.